The molecule has 0 radical (unpaired) electrons. The summed E-state index contributed by atoms with van der Waals surface area (Å²) in [6.07, 6.45) is 1.02. The summed E-state index contributed by atoms with van der Waals surface area (Å²) in [5.74, 6) is 0. The largest absolute Gasteiger partial charge is 0.372 e. The Morgan fingerprint density at radius 2 is 2.13 bits per heavy atom. The first-order valence-corrected chi connectivity index (χ1v) is 6.04. The van der Waals surface area contributed by atoms with Crippen LogP contribution < -0.4 is 10.6 Å². The van der Waals surface area contributed by atoms with Crippen molar-refractivity contribution in [3.63, 3.8) is 0 Å². The molecule has 0 amide bonds. The van der Waals surface area contributed by atoms with E-state index in [1.54, 1.807) is 0 Å². The number of nitrogens with two attached hydrogens (primary N) is 1. The molecule has 0 aliphatic carbocycles. The van der Waals surface area contributed by atoms with Gasteiger partial charge in [0.25, 0.3) is 0 Å². The zero-order valence-corrected chi connectivity index (χ0v) is 11.2. The number of halogens is 1. The maximum atomic E-state index is 5.57. The van der Waals surface area contributed by atoms with E-state index in [-0.39, 0.29) is 0 Å². The quantitative estimate of drug-likeness (QED) is 0.912. The fraction of sp³-hybridized carbons (Fsp3) is 0.500. The number of nitrogens with zero attached hydrogens (tertiary/aromatic N) is 1. The van der Waals surface area contributed by atoms with Gasteiger partial charge in [-0.2, -0.15) is 0 Å². The number of aryl methyl sites for hydroxylation is 1. The first-order chi connectivity index (χ1) is 7.06. The summed E-state index contributed by atoms with van der Waals surface area (Å²) in [6.45, 7) is 5.04. The van der Waals surface area contributed by atoms with Gasteiger partial charge in [0.1, 0.15) is 0 Å². The monoisotopic (exact) mass is 270 g/mol. The summed E-state index contributed by atoms with van der Waals surface area (Å²) in [7, 11) is 2.11. The molecule has 0 aliphatic heterocycles. The third-order valence-corrected chi connectivity index (χ3v) is 3.68. The number of anilines is 1. The molecule has 0 spiro atoms. The second kappa shape index (κ2) is 5.52. The van der Waals surface area contributed by atoms with Gasteiger partial charge >= 0.3 is 0 Å². The summed E-state index contributed by atoms with van der Waals surface area (Å²) >= 11 is 3.51. The molecule has 1 atom stereocenters. The van der Waals surface area contributed by atoms with Gasteiger partial charge in [0.05, 0.1) is 0 Å². The van der Waals surface area contributed by atoms with Crippen molar-refractivity contribution in [1.29, 1.82) is 0 Å². The van der Waals surface area contributed by atoms with Crippen LogP contribution in [0, 0.1) is 6.92 Å². The predicted octanol–water partition coefficient (Wildman–Crippen LogP) is 2.93. The molecule has 15 heavy (non-hydrogen) atoms. The molecule has 3 heteroatoms. The number of hydrogen-bond acceptors (Lipinski definition) is 2. The van der Waals surface area contributed by atoms with E-state index in [9.17, 15) is 0 Å². The van der Waals surface area contributed by atoms with E-state index < -0.39 is 0 Å². The van der Waals surface area contributed by atoms with E-state index in [0.29, 0.717) is 6.04 Å². The van der Waals surface area contributed by atoms with Crippen LogP contribution in [0.5, 0.6) is 0 Å². The lowest BCUT2D eigenvalue weighted by Gasteiger charge is -2.27. The Morgan fingerprint density at radius 1 is 1.47 bits per heavy atom. The Labute approximate surface area is 101 Å². The molecule has 0 bridgehead atoms. The molecule has 0 aromatic heterocycles. The van der Waals surface area contributed by atoms with Crippen LogP contribution in [0.25, 0.3) is 0 Å². The molecule has 0 heterocycles. The molecular weight excluding hydrogens is 252 g/mol. The van der Waals surface area contributed by atoms with Crippen LogP contribution in [0.4, 0.5) is 5.69 Å². The van der Waals surface area contributed by atoms with Crippen LogP contribution in [-0.4, -0.2) is 19.6 Å². The first-order valence-electron chi connectivity index (χ1n) is 5.25. The van der Waals surface area contributed by atoms with Gasteiger partial charge in [0.2, 0.25) is 0 Å². The Kier molecular flexibility index (Phi) is 4.61. The van der Waals surface area contributed by atoms with Crippen LogP contribution in [0.1, 0.15) is 18.9 Å². The van der Waals surface area contributed by atoms with Crippen molar-refractivity contribution in [2.24, 2.45) is 5.73 Å². The van der Waals surface area contributed by atoms with Gasteiger partial charge in [-0.3, -0.25) is 0 Å². The second-order valence-corrected chi connectivity index (χ2v) is 4.83. The van der Waals surface area contributed by atoms with Crippen molar-refractivity contribution >= 4 is 21.6 Å². The fourth-order valence-corrected chi connectivity index (χ4v) is 1.78. The lowest BCUT2D eigenvalue weighted by Crippen LogP contribution is -2.30. The van der Waals surface area contributed by atoms with Gasteiger partial charge in [-0.25, -0.2) is 0 Å². The molecule has 0 aliphatic rings. The Morgan fingerprint density at radius 3 is 2.67 bits per heavy atom. The average Bonchev–Trinajstić information content (AvgIpc) is 2.21. The van der Waals surface area contributed by atoms with E-state index in [4.69, 9.17) is 5.73 Å². The van der Waals surface area contributed by atoms with Gasteiger partial charge in [-0.05, 0) is 50.6 Å². The molecule has 0 saturated carbocycles. The molecule has 0 saturated heterocycles. The fourth-order valence-electron chi connectivity index (χ4n) is 1.54. The molecule has 1 rings (SSSR count). The molecule has 0 fully saturated rings. The van der Waals surface area contributed by atoms with Crippen molar-refractivity contribution in [3.8, 4) is 0 Å². The van der Waals surface area contributed by atoms with Crippen LogP contribution in [0.2, 0.25) is 0 Å². The van der Waals surface area contributed by atoms with E-state index in [1.165, 1.54) is 11.3 Å². The smallest absolute Gasteiger partial charge is 0.0369 e. The molecule has 2 N–H and O–H groups in total. The highest BCUT2D eigenvalue weighted by molar-refractivity contribution is 9.10. The van der Waals surface area contributed by atoms with Gasteiger partial charge < -0.3 is 10.6 Å². The molecule has 2 nitrogen and oxygen atoms in total. The van der Waals surface area contributed by atoms with Crippen molar-refractivity contribution in [3.05, 3.63) is 28.2 Å². The van der Waals surface area contributed by atoms with Crippen LogP contribution in [-0.2, 0) is 0 Å². The summed E-state index contributed by atoms with van der Waals surface area (Å²) < 4.78 is 1.16. The van der Waals surface area contributed by atoms with Gasteiger partial charge in [0, 0.05) is 23.2 Å². The third kappa shape index (κ3) is 3.21. The Bertz CT molecular complexity index is 325. The molecule has 1 unspecified atom stereocenters. The van der Waals surface area contributed by atoms with Crippen molar-refractivity contribution in [2.45, 2.75) is 26.3 Å². The standard InChI is InChI=1S/C12H19BrN2/c1-9-8-11(4-5-12(9)13)15(3)10(2)6-7-14/h4-5,8,10H,6-7,14H2,1-3H3. The second-order valence-electron chi connectivity index (χ2n) is 3.97. The highest BCUT2D eigenvalue weighted by Crippen LogP contribution is 2.23. The number of rotatable bonds is 4. The Balaban J connectivity index is 2.81. The third-order valence-electron chi connectivity index (χ3n) is 2.79. The zero-order valence-electron chi connectivity index (χ0n) is 9.63. The summed E-state index contributed by atoms with van der Waals surface area (Å²) in [5, 5.41) is 0. The normalized spacial score (nSPS) is 12.6. The molecular formula is C12H19BrN2. The van der Waals surface area contributed by atoms with Crippen LogP contribution in [0.15, 0.2) is 22.7 Å². The summed E-state index contributed by atoms with van der Waals surface area (Å²) in [6, 6.07) is 6.90. The van der Waals surface area contributed by atoms with Crippen molar-refractivity contribution in [2.75, 3.05) is 18.5 Å². The van der Waals surface area contributed by atoms with E-state index in [2.05, 4.69) is 59.9 Å². The van der Waals surface area contributed by atoms with Gasteiger partial charge in [-0.1, -0.05) is 15.9 Å². The van der Waals surface area contributed by atoms with Gasteiger partial charge in [-0.15, -0.1) is 0 Å². The number of hydrogen-bond donors (Lipinski definition) is 1. The first kappa shape index (κ1) is 12.5. The minimum absolute atomic E-state index is 0.482. The minimum Gasteiger partial charge on any atom is -0.372 e. The zero-order chi connectivity index (χ0) is 11.4. The highest BCUT2D eigenvalue weighted by Gasteiger charge is 2.09. The summed E-state index contributed by atoms with van der Waals surface area (Å²) in [5.41, 5.74) is 8.08. The highest BCUT2D eigenvalue weighted by atomic mass is 79.9. The van der Waals surface area contributed by atoms with Crippen molar-refractivity contribution in [1.82, 2.24) is 0 Å². The number of benzene rings is 1. The van der Waals surface area contributed by atoms with E-state index in [1.807, 2.05) is 0 Å². The summed E-state index contributed by atoms with van der Waals surface area (Å²) in [4.78, 5) is 2.27. The van der Waals surface area contributed by atoms with Crippen LogP contribution >= 0.6 is 15.9 Å². The van der Waals surface area contributed by atoms with Crippen molar-refractivity contribution < 1.29 is 0 Å². The van der Waals surface area contributed by atoms with Gasteiger partial charge in [0.15, 0.2) is 0 Å². The van der Waals surface area contributed by atoms with Crippen LogP contribution in [0.3, 0.4) is 0 Å². The average molecular weight is 271 g/mol. The molecule has 1 aromatic rings. The van der Waals surface area contributed by atoms with E-state index >= 15 is 0 Å². The lowest BCUT2D eigenvalue weighted by molar-refractivity contribution is 0.635. The minimum atomic E-state index is 0.482. The molecule has 1 aromatic carbocycles. The Hall–Kier alpha value is -0.540. The maximum absolute atomic E-state index is 5.57. The lowest BCUT2D eigenvalue weighted by atomic mass is 10.1. The predicted molar refractivity (Wildman–Crippen MR) is 70.4 cm³/mol. The van der Waals surface area contributed by atoms with E-state index in [0.717, 1.165) is 17.4 Å². The maximum Gasteiger partial charge on any atom is 0.0369 e. The molecule has 84 valence electrons. The topological polar surface area (TPSA) is 29.3 Å². The SMILES string of the molecule is Cc1cc(N(C)C(C)CCN)ccc1Br.